The van der Waals surface area contributed by atoms with E-state index in [0.29, 0.717) is 30.7 Å². The summed E-state index contributed by atoms with van der Waals surface area (Å²) in [5.74, 6) is 1.59. The molecule has 0 saturated heterocycles. The summed E-state index contributed by atoms with van der Waals surface area (Å²) in [6.45, 7) is 2.61. The Kier molecular flexibility index (Phi) is 4.52. The average molecular weight is 347 g/mol. The molecular weight excluding hydrogens is 326 g/mol. The fourth-order valence-corrected chi connectivity index (χ4v) is 3.31. The number of hydrogen-bond donors (Lipinski definition) is 1. The number of nitrogens with zero attached hydrogens (tertiary/aromatic N) is 2. The number of nitrogens with one attached hydrogen (secondary N) is 1. The van der Waals surface area contributed by atoms with Crippen molar-refractivity contribution in [1.29, 1.82) is 0 Å². The minimum atomic E-state index is 0.0821. The van der Waals surface area contributed by atoms with Gasteiger partial charge in [-0.3, -0.25) is 4.79 Å². The van der Waals surface area contributed by atoms with Crippen LogP contribution in [0, 0.1) is 12.8 Å². The number of aromatic nitrogens is 2. The van der Waals surface area contributed by atoms with Crippen LogP contribution in [0.25, 0.3) is 11.5 Å². The van der Waals surface area contributed by atoms with Crippen molar-refractivity contribution in [3.8, 4) is 11.5 Å². The molecule has 1 saturated carbocycles. The van der Waals surface area contributed by atoms with Crippen LogP contribution in [-0.2, 0) is 11.2 Å². The normalized spacial score (nSPS) is 18.5. The first-order valence-electron chi connectivity index (χ1n) is 8.93. The Morgan fingerprint density at radius 2 is 1.88 bits per heavy atom. The zero-order chi connectivity index (χ0) is 17.9. The summed E-state index contributed by atoms with van der Waals surface area (Å²) >= 11 is 0. The summed E-state index contributed by atoms with van der Waals surface area (Å²) in [4.78, 5) is 12.3. The van der Waals surface area contributed by atoms with E-state index in [-0.39, 0.29) is 11.8 Å². The van der Waals surface area contributed by atoms with Crippen LogP contribution in [0.5, 0.6) is 0 Å². The number of rotatable bonds is 6. The van der Waals surface area contributed by atoms with Crippen LogP contribution in [0.1, 0.15) is 29.4 Å². The van der Waals surface area contributed by atoms with E-state index in [1.165, 1.54) is 11.1 Å². The lowest BCUT2D eigenvalue weighted by Crippen LogP contribution is -2.27. The first-order chi connectivity index (χ1) is 12.7. The number of carbonyl (C=O) groups is 1. The van der Waals surface area contributed by atoms with Gasteiger partial charge in [-0.25, -0.2) is 0 Å². The highest BCUT2D eigenvalue weighted by Gasteiger charge is 2.44. The third-order valence-electron chi connectivity index (χ3n) is 4.84. The highest BCUT2D eigenvalue weighted by Crippen LogP contribution is 2.48. The van der Waals surface area contributed by atoms with Crippen LogP contribution in [0.2, 0.25) is 0 Å². The van der Waals surface area contributed by atoms with Gasteiger partial charge in [0.05, 0.1) is 0 Å². The first kappa shape index (κ1) is 16.5. The first-order valence-corrected chi connectivity index (χ1v) is 8.93. The molecule has 3 aromatic rings. The molecule has 1 fully saturated rings. The highest BCUT2D eigenvalue weighted by molar-refractivity contribution is 5.83. The van der Waals surface area contributed by atoms with Gasteiger partial charge in [0.1, 0.15) is 0 Å². The molecule has 1 amide bonds. The van der Waals surface area contributed by atoms with Gasteiger partial charge in [-0.05, 0) is 42.5 Å². The molecule has 132 valence electrons. The minimum Gasteiger partial charge on any atom is -0.421 e. The molecule has 1 aliphatic carbocycles. The van der Waals surface area contributed by atoms with Gasteiger partial charge in [-0.1, -0.05) is 42.5 Å². The number of benzene rings is 2. The minimum absolute atomic E-state index is 0.0821. The molecule has 2 atom stereocenters. The molecule has 5 heteroatoms. The molecule has 0 radical (unpaired) electrons. The quantitative estimate of drug-likeness (QED) is 0.741. The average Bonchev–Trinajstić information content (AvgIpc) is 3.33. The zero-order valence-electron chi connectivity index (χ0n) is 14.7. The van der Waals surface area contributed by atoms with E-state index in [9.17, 15) is 4.79 Å². The fourth-order valence-electron chi connectivity index (χ4n) is 3.31. The molecule has 4 rings (SSSR count). The van der Waals surface area contributed by atoms with E-state index in [1.807, 2.05) is 42.5 Å². The largest absolute Gasteiger partial charge is 0.421 e. The Hall–Kier alpha value is -2.95. The standard InChI is InChI=1S/C21H21N3O2/c1-14-7-5-6-10-16(14)17-13-18(17)20(25)22-12-11-19-23-24-21(26-19)15-8-3-2-4-9-15/h2-10,17-18H,11-13H2,1H3,(H,22,25)/t17-,18+/m0/s1. The van der Waals surface area contributed by atoms with Gasteiger partial charge < -0.3 is 9.73 Å². The van der Waals surface area contributed by atoms with Crippen LogP contribution in [-0.4, -0.2) is 22.6 Å². The Balaban J connectivity index is 1.27. The predicted molar refractivity (Wildman–Crippen MR) is 98.5 cm³/mol. The van der Waals surface area contributed by atoms with Crippen molar-refractivity contribution in [3.05, 3.63) is 71.6 Å². The van der Waals surface area contributed by atoms with E-state index in [2.05, 4.69) is 34.6 Å². The maximum Gasteiger partial charge on any atom is 0.247 e. The van der Waals surface area contributed by atoms with Gasteiger partial charge in [0, 0.05) is 24.4 Å². The predicted octanol–water partition coefficient (Wildman–Crippen LogP) is 3.51. The molecule has 1 N–H and O–H groups in total. The van der Waals surface area contributed by atoms with Crippen molar-refractivity contribution in [2.24, 2.45) is 5.92 Å². The topological polar surface area (TPSA) is 68.0 Å². The second kappa shape index (κ2) is 7.12. The lowest BCUT2D eigenvalue weighted by molar-refractivity contribution is -0.122. The van der Waals surface area contributed by atoms with Gasteiger partial charge in [-0.15, -0.1) is 10.2 Å². The summed E-state index contributed by atoms with van der Waals surface area (Å²) in [5.41, 5.74) is 3.44. The van der Waals surface area contributed by atoms with Crippen molar-refractivity contribution in [3.63, 3.8) is 0 Å². The molecule has 0 spiro atoms. The summed E-state index contributed by atoms with van der Waals surface area (Å²) in [6.07, 6.45) is 1.46. The van der Waals surface area contributed by atoms with E-state index >= 15 is 0 Å². The fraction of sp³-hybridized carbons (Fsp3) is 0.286. The molecule has 1 heterocycles. The molecule has 5 nitrogen and oxygen atoms in total. The molecule has 0 aliphatic heterocycles. The molecule has 26 heavy (non-hydrogen) atoms. The van der Waals surface area contributed by atoms with E-state index in [1.54, 1.807) is 0 Å². The Bertz CT molecular complexity index is 904. The summed E-state index contributed by atoms with van der Waals surface area (Å²) in [5, 5.41) is 11.1. The second-order valence-corrected chi connectivity index (χ2v) is 6.71. The molecule has 1 aliphatic rings. The zero-order valence-corrected chi connectivity index (χ0v) is 14.7. The summed E-state index contributed by atoms with van der Waals surface area (Å²) in [7, 11) is 0. The van der Waals surface area contributed by atoms with Crippen molar-refractivity contribution in [2.75, 3.05) is 6.54 Å². The van der Waals surface area contributed by atoms with Crippen molar-refractivity contribution in [1.82, 2.24) is 15.5 Å². The maximum absolute atomic E-state index is 12.3. The summed E-state index contributed by atoms with van der Waals surface area (Å²) in [6, 6.07) is 18.0. The Labute approximate surface area is 152 Å². The van der Waals surface area contributed by atoms with Crippen LogP contribution in [0.3, 0.4) is 0 Å². The smallest absolute Gasteiger partial charge is 0.247 e. The molecule has 0 bridgehead atoms. The lowest BCUT2D eigenvalue weighted by atomic mass is 10.0. The van der Waals surface area contributed by atoms with E-state index in [4.69, 9.17) is 4.42 Å². The van der Waals surface area contributed by atoms with Gasteiger partial charge >= 0.3 is 0 Å². The SMILES string of the molecule is Cc1ccccc1[C@@H]1C[C@H]1C(=O)NCCc1nnc(-c2ccccc2)o1. The molecule has 2 aromatic carbocycles. The number of amides is 1. The number of hydrogen-bond acceptors (Lipinski definition) is 4. The second-order valence-electron chi connectivity index (χ2n) is 6.71. The van der Waals surface area contributed by atoms with Crippen LogP contribution >= 0.6 is 0 Å². The van der Waals surface area contributed by atoms with Crippen molar-refractivity contribution >= 4 is 5.91 Å². The number of carbonyl (C=O) groups excluding carboxylic acids is 1. The van der Waals surface area contributed by atoms with E-state index < -0.39 is 0 Å². The monoisotopic (exact) mass is 347 g/mol. The third-order valence-corrected chi connectivity index (χ3v) is 4.84. The van der Waals surface area contributed by atoms with Crippen LogP contribution in [0.15, 0.2) is 59.0 Å². The molecule has 0 unspecified atom stereocenters. The maximum atomic E-state index is 12.3. The van der Waals surface area contributed by atoms with Gasteiger partial charge in [-0.2, -0.15) is 0 Å². The summed E-state index contributed by atoms with van der Waals surface area (Å²) < 4.78 is 5.66. The van der Waals surface area contributed by atoms with E-state index in [0.717, 1.165) is 12.0 Å². The van der Waals surface area contributed by atoms with Gasteiger partial charge in [0.15, 0.2) is 0 Å². The Morgan fingerprint density at radius 3 is 2.69 bits per heavy atom. The molecule has 1 aromatic heterocycles. The Morgan fingerprint density at radius 1 is 1.12 bits per heavy atom. The third kappa shape index (κ3) is 3.52. The lowest BCUT2D eigenvalue weighted by Gasteiger charge is -2.05. The molecular formula is C21H21N3O2. The van der Waals surface area contributed by atoms with Crippen LogP contribution < -0.4 is 5.32 Å². The van der Waals surface area contributed by atoms with Crippen molar-refractivity contribution < 1.29 is 9.21 Å². The van der Waals surface area contributed by atoms with Crippen molar-refractivity contribution in [2.45, 2.75) is 25.7 Å². The van der Waals surface area contributed by atoms with Crippen LogP contribution in [0.4, 0.5) is 0 Å². The van der Waals surface area contributed by atoms with Gasteiger partial charge in [0.25, 0.3) is 0 Å². The highest BCUT2D eigenvalue weighted by atomic mass is 16.4. The van der Waals surface area contributed by atoms with Gasteiger partial charge in [0.2, 0.25) is 17.7 Å². The number of aryl methyl sites for hydroxylation is 1.